The quantitative estimate of drug-likeness (QED) is 0.514. The monoisotopic (exact) mass is 469 g/mol. The van der Waals surface area contributed by atoms with Crippen LogP contribution in [0.15, 0.2) is 28.7 Å². The predicted octanol–water partition coefficient (Wildman–Crippen LogP) is 4.31. The molecule has 0 radical (unpaired) electrons. The molecule has 0 unspecified atom stereocenters. The minimum atomic E-state index is -0.964. The number of amides is 2. The van der Waals surface area contributed by atoms with Gasteiger partial charge in [0.2, 0.25) is 0 Å². The number of nitrogens with zero attached hydrogens (tertiary/aromatic N) is 3. The first-order valence-electron chi connectivity index (χ1n) is 11.6. The zero-order valence-corrected chi connectivity index (χ0v) is 20.0. The number of carbonyl (C=O) groups excluding carboxylic acids is 1. The number of carbonyl (C=O) groups is 2. The van der Waals surface area contributed by atoms with E-state index in [0.717, 1.165) is 23.0 Å². The lowest BCUT2D eigenvalue weighted by atomic mass is 10.0. The van der Waals surface area contributed by atoms with Crippen LogP contribution in [-0.2, 0) is 4.74 Å². The standard InChI is InChI=1S/C25H31N3O6/c1-15(2)28(18-6-5-9-27(14-18)25(30)31)24(29)20-13-21(33-11-10-32-4)19-8-7-17-12-16(3)34-23(17)22(19)26-20/h7-8,12-13,15,18H,5-6,9-11,14H2,1-4H3,(H,30,31)/t18-/m1/s1. The Morgan fingerprint density at radius 3 is 2.79 bits per heavy atom. The van der Waals surface area contributed by atoms with Crippen LogP contribution < -0.4 is 4.74 Å². The fourth-order valence-electron chi connectivity index (χ4n) is 4.66. The summed E-state index contributed by atoms with van der Waals surface area (Å²) in [6.45, 7) is 7.22. The molecule has 1 aliphatic heterocycles. The number of pyridine rings is 1. The Bertz CT molecular complexity index is 1200. The molecule has 1 fully saturated rings. The van der Waals surface area contributed by atoms with Crippen molar-refractivity contribution in [1.82, 2.24) is 14.8 Å². The summed E-state index contributed by atoms with van der Waals surface area (Å²) in [6.07, 6.45) is 0.477. The molecule has 2 aromatic heterocycles. The van der Waals surface area contributed by atoms with Crippen LogP contribution in [0.5, 0.6) is 5.75 Å². The van der Waals surface area contributed by atoms with Gasteiger partial charge in [-0.25, -0.2) is 9.78 Å². The van der Waals surface area contributed by atoms with Gasteiger partial charge in [0.15, 0.2) is 5.58 Å². The lowest BCUT2D eigenvalue weighted by Gasteiger charge is -2.40. The highest BCUT2D eigenvalue weighted by molar-refractivity contribution is 6.06. The third kappa shape index (κ3) is 4.65. The molecule has 1 saturated heterocycles. The predicted molar refractivity (Wildman–Crippen MR) is 128 cm³/mol. The van der Waals surface area contributed by atoms with Crippen LogP contribution in [0, 0.1) is 6.92 Å². The first-order chi connectivity index (χ1) is 16.3. The van der Waals surface area contributed by atoms with Crippen molar-refractivity contribution < 1.29 is 28.6 Å². The molecule has 0 saturated carbocycles. The van der Waals surface area contributed by atoms with E-state index in [9.17, 15) is 14.7 Å². The fourth-order valence-corrected chi connectivity index (χ4v) is 4.66. The van der Waals surface area contributed by atoms with Crippen molar-refractivity contribution in [2.45, 2.75) is 45.7 Å². The number of piperidine rings is 1. The normalized spacial score (nSPS) is 16.4. The molecule has 4 rings (SSSR count). The Morgan fingerprint density at radius 1 is 1.29 bits per heavy atom. The Hall–Kier alpha value is -3.33. The second-order valence-electron chi connectivity index (χ2n) is 8.91. The number of ether oxygens (including phenoxy) is 2. The number of aromatic nitrogens is 1. The van der Waals surface area contributed by atoms with Crippen molar-refractivity contribution in [3.05, 3.63) is 35.7 Å². The number of fused-ring (bicyclic) bond motifs is 3. The smallest absolute Gasteiger partial charge is 0.407 e. The van der Waals surface area contributed by atoms with Crippen molar-refractivity contribution in [2.75, 3.05) is 33.4 Å². The third-order valence-corrected chi connectivity index (χ3v) is 6.16. The second kappa shape index (κ2) is 9.89. The van der Waals surface area contributed by atoms with E-state index in [4.69, 9.17) is 18.9 Å². The van der Waals surface area contributed by atoms with Gasteiger partial charge in [-0.1, -0.05) is 6.07 Å². The molecule has 9 heteroatoms. The van der Waals surface area contributed by atoms with Gasteiger partial charge in [-0.2, -0.15) is 0 Å². The molecule has 34 heavy (non-hydrogen) atoms. The van der Waals surface area contributed by atoms with Gasteiger partial charge < -0.3 is 28.8 Å². The van der Waals surface area contributed by atoms with E-state index >= 15 is 0 Å². The van der Waals surface area contributed by atoms with E-state index < -0.39 is 6.09 Å². The Morgan fingerprint density at radius 2 is 2.09 bits per heavy atom. The number of likely N-dealkylation sites (tertiary alicyclic amines) is 1. The highest BCUT2D eigenvalue weighted by Crippen LogP contribution is 2.33. The lowest BCUT2D eigenvalue weighted by molar-refractivity contribution is 0.0444. The summed E-state index contributed by atoms with van der Waals surface area (Å²) in [5, 5.41) is 11.1. The molecule has 1 aromatic carbocycles. The third-order valence-electron chi connectivity index (χ3n) is 6.16. The Labute approximate surface area is 198 Å². The molecule has 182 valence electrons. The number of furan rings is 1. The van der Waals surface area contributed by atoms with Crippen LogP contribution in [0.1, 0.15) is 42.9 Å². The van der Waals surface area contributed by atoms with Gasteiger partial charge in [0.1, 0.15) is 29.3 Å². The lowest BCUT2D eigenvalue weighted by Crippen LogP contribution is -2.53. The molecule has 1 aliphatic rings. The largest absolute Gasteiger partial charge is 0.490 e. The fraction of sp³-hybridized carbons (Fsp3) is 0.480. The highest BCUT2D eigenvalue weighted by Gasteiger charge is 2.33. The van der Waals surface area contributed by atoms with Crippen LogP contribution in [0.4, 0.5) is 4.79 Å². The SMILES string of the molecule is COCCOc1cc(C(=O)N(C(C)C)[C@@H]2CCCN(C(=O)O)C2)nc2c1ccc1cc(C)oc12. The number of methoxy groups -OCH3 is 1. The first kappa shape index (κ1) is 23.8. The molecule has 3 aromatic rings. The molecule has 3 heterocycles. The minimum Gasteiger partial charge on any atom is -0.490 e. The molecule has 1 N–H and O–H groups in total. The van der Waals surface area contributed by atoms with Crippen molar-refractivity contribution in [1.29, 1.82) is 0 Å². The number of carboxylic acid groups (broad SMARTS) is 1. The number of hydrogen-bond acceptors (Lipinski definition) is 6. The van der Waals surface area contributed by atoms with E-state index in [1.165, 1.54) is 4.90 Å². The molecular formula is C25H31N3O6. The minimum absolute atomic E-state index is 0.136. The first-order valence-corrected chi connectivity index (χ1v) is 11.6. The van der Waals surface area contributed by atoms with Gasteiger partial charge >= 0.3 is 6.09 Å². The maximum atomic E-state index is 13.8. The Balaban J connectivity index is 1.78. The summed E-state index contributed by atoms with van der Waals surface area (Å²) in [6, 6.07) is 7.10. The average Bonchev–Trinajstić information content (AvgIpc) is 3.19. The van der Waals surface area contributed by atoms with E-state index in [2.05, 4.69) is 0 Å². The van der Waals surface area contributed by atoms with Crippen LogP contribution >= 0.6 is 0 Å². The molecule has 0 bridgehead atoms. The number of rotatable bonds is 7. The number of hydrogen-bond donors (Lipinski definition) is 1. The number of aryl methyl sites for hydroxylation is 1. The molecular weight excluding hydrogens is 438 g/mol. The maximum absolute atomic E-state index is 13.8. The van der Waals surface area contributed by atoms with Crippen molar-refractivity contribution in [3.8, 4) is 5.75 Å². The van der Waals surface area contributed by atoms with E-state index in [-0.39, 0.29) is 30.2 Å². The zero-order chi connectivity index (χ0) is 24.4. The van der Waals surface area contributed by atoms with Crippen molar-refractivity contribution in [3.63, 3.8) is 0 Å². The van der Waals surface area contributed by atoms with E-state index in [1.807, 2.05) is 39.0 Å². The topological polar surface area (TPSA) is 105 Å². The second-order valence-corrected chi connectivity index (χ2v) is 8.91. The maximum Gasteiger partial charge on any atom is 0.407 e. The summed E-state index contributed by atoms with van der Waals surface area (Å²) in [5.74, 6) is 1.02. The van der Waals surface area contributed by atoms with Gasteiger partial charge in [-0.05, 0) is 45.7 Å². The zero-order valence-electron chi connectivity index (χ0n) is 20.0. The molecule has 0 spiro atoms. The van der Waals surface area contributed by atoms with Gasteiger partial charge in [0.05, 0.1) is 12.6 Å². The van der Waals surface area contributed by atoms with Gasteiger partial charge in [-0.15, -0.1) is 0 Å². The van der Waals surface area contributed by atoms with Crippen LogP contribution in [0.2, 0.25) is 0 Å². The van der Waals surface area contributed by atoms with E-state index in [0.29, 0.717) is 43.0 Å². The number of benzene rings is 1. The van der Waals surface area contributed by atoms with Gasteiger partial charge in [0, 0.05) is 43.1 Å². The molecule has 9 nitrogen and oxygen atoms in total. The molecule has 1 atom stereocenters. The molecule has 2 amide bonds. The Kier molecular flexibility index (Phi) is 6.92. The van der Waals surface area contributed by atoms with Crippen molar-refractivity contribution in [2.24, 2.45) is 0 Å². The summed E-state index contributed by atoms with van der Waals surface area (Å²) in [7, 11) is 1.60. The summed E-state index contributed by atoms with van der Waals surface area (Å²) >= 11 is 0. The van der Waals surface area contributed by atoms with Crippen molar-refractivity contribution >= 4 is 33.9 Å². The van der Waals surface area contributed by atoms with Crippen LogP contribution in [0.25, 0.3) is 21.9 Å². The summed E-state index contributed by atoms with van der Waals surface area (Å²) in [5.41, 5.74) is 1.40. The van der Waals surface area contributed by atoms with Crippen LogP contribution in [0.3, 0.4) is 0 Å². The van der Waals surface area contributed by atoms with Crippen LogP contribution in [-0.4, -0.2) is 77.4 Å². The molecule has 0 aliphatic carbocycles. The highest BCUT2D eigenvalue weighted by atomic mass is 16.5. The van der Waals surface area contributed by atoms with Gasteiger partial charge in [-0.3, -0.25) is 4.79 Å². The van der Waals surface area contributed by atoms with E-state index in [1.54, 1.807) is 18.1 Å². The summed E-state index contributed by atoms with van der Waals surface area (Å²) in [4.78, 5) is 33.2. The van der Waals surface area contributed by atoms with Gasteiger partial charge in [0.25, 0.3) is 5.91 Å². The summed E-state index contributed by atoms with van der Waals surface area (Å²) < 4.78 is 17.0. The average molecular weight is 470 g/mol.